The number of guanidine groups is 1. The maximum absolute atomic E-state index is 11.4. The molecule has 0 bridgehead atoms. The van der Waals surface area contributed by atoms with E-state index in [1.54, 1.807) is 14.0 Å². The van der Waals surface area contributed by atoms with Crippen molar-refractivity contribution in [3.05, 3.63) is 29.8 Å². The zero-order valence-electron chi connectivity index (χ0n) is 17.1. The molecule has 1 fully saturated rings. The fraction of sp³-hybridized carbons (Fsp3) is 0.632. The maximum Gasteiger partial charge on any atom is 0.211 e. The summed E-state index contributed by atoms with van der Waals surface area (Å²) < 4.78 is 25.4. The van der Waals surface area contributed by atoms with E-state index in [1.165, 1.54) is 24.1 Å². The Morgan fingerprint density at radius 3 is 2.61 bits per heavy atom. The number of nitrogens with zero attached hydrogens (tertiary/aromatic N) is 2. The van der Waals surface area contributed by atoms with Crippen molar-refractivity contribution in [2.24, 2.45) is 4.99 Å². The number of aliphatic imine (C=N–C) groups is 1. The van der Waals surface area contributed by atoms with Crippen molar-refractivity contribution in [1.29, 1.82) is 0 Å². The molecular formula is C19H34IN5O2S. The summed E-state index contributed by atoms with van der Waals surface area (Å²) in [6.45, 7) is 7.09. The number of hydrogen-bond donors (Lipinski definition) is 3. The lowest BCUT2D eigenvalue weighted by atomic mass is 10.1. The second-order valence-electron chi connectivity index (χ2n) is 6.81. The van der Waals surface area contributed by atoms with Crippen LogP contribution in [-0.4, -0.2) is 53.4 Å². The fourth-order valence-corrected chi connectivity index (χ4v) is 3.73. The minimum atomic E-state index is -3.12. The second-order valence-corrected chi connectivity index (χ2v) is 8.90. The van der Waals surface area contributed by atoms with E-state index >= 15 is 0 Å². The van der Waals surface area contributed by atoms with Gasteiger partial charge in [0.1, 0.15) is 0 Å². The minimum absolute atomic E-state index is 0. The fourth-order valence-electron chi connectivity index (χ4n) is 3.07. The van der Waals surface area contributed by atoms with Crippen molar-refractivity contribution in [2.45, 2.75) is 39.2 Å². The normalized spacial score (nSPS) is 15.8. The van der Waals surface area contributed by atoms with E-state index in [-0.39, 0.29) is 35.8 Å². The Morgan fingerprint density at radius 1 is 1.25 bits per heavy atom. The van der Waals surface area contributed by atoms with Gasteiger partial charge in [-0.1, -0.05) is 12.1 Å². The lowest BCUT2D eigenvalue weighted by Gasteiger charge is -2.22. The molecule has 1 saturated heterocycles. The van der Waals surface area contributed by atoms with Crippen LogP contribution in [-0.2, 0) is 10.0 Å². The highest BCUT2D eigenvalue weighted by Gasteiger charge is 2.14. The van der Waals surface area contributed by atoms with Crippen molar-refractivity contribution in [1.82, 2.24) is 15.4 Å². The Bertz CT molecular complexity index is 721. The molecule has 9 heteroatoms. The first kappa shape index (κ1) is 25.0. The van der Waals surface area contributed by atoms with Crippen LogP contribution in [0, 0.1) is 0 Å². The van der Waals surface area contributed by atoms with Gasteiger partial charge in [0.15, 0.2) is 5.96 Å². The van der Waals surface area contributed by atoms with Crippen LogP contribution in [0.4, 0.5) is 5.69 Å². The average molecular weight is 523 g/mol. The average Bonchev–Trinajstić information content (AvgIpc) is 3.21. The molecule has 0 radical (unpaired) electrons. The van der Waals surface area contributed by atoms with Gasteiger partial charge in [0, 0.05) is 38.9 Å². The maximum atomic E-state index is 11.4. The molecule has 1 aliphatic rings. The number of nitrogens with one attached hydrogen (secondary N) is 3. The van der Waals surface area contributed by atoms with Crippen LogP contribution in [0.3, 0.4) is 0 Å². The molecule has 2 rings (SSSR count). The van der Waals surface area contributed by atoms with Gasteiger partial charge in [-0.2, -0.15) is 0 Å². The zero-order valence-corrected chi connectivity index (χ0v) is 20.2. The predicted molar refractivity (Wildman–Crippen MR) is 128 cm³/mol. The van der Waals surface area contributed by atoms with Crippen LogP contribution in [0.25, 0.3) is 0 Å². The number of anilines is 1. The number of benzene rings is 1. The standard InChI is InChI=1S/C19H33N5O2S.HI/c1-4-27(25,26)22-12-8-11-21-19(20-3)23-16(2)17-9-7-10-18(15-17)24-13-5-6-14-24;/h7,9-10,15-16,22H,4-6,8,11-14H2,1-3H3,(H2,20,21,23);1H. The third-order valence-electron chi connectivity index (χ3n) is 4.77. The van der Waals surface area contributed by atoms with Gasteiger partial charge in [-0.15, -0.1) is 24.0 Å². The monoisotopic (exact) mass is 523 g/mol. The van der Waals surface area contributed by atoms with Gasteiger partial charge >= 0.3 is 0 Å². The van der Waals surface area contributed by atoms with E-state index in [0.29, 0.717) is 25.5 Å². The predicted octanol–water partition coefficient (Wildman–Crippen LogP) is 2.46. The molecule has 0 spiro atoms. The highest BCUT2D eigenvalue weighted by Crippen LogP contribution is 2.23. The largest absolute Gasteiger partial charge is 0.372 e. The number of rotatable bonds is 9. The molecule has 0 saturated carbocycles. The van der Waals surface area contributed by atoms with Gasteiger partial charge in [-0.05, 0) is 50.8 Å². The van der Waals surface area contributed by atoms with Crippen molar-refractivity contribution in [3.63, 3.8) is 0 Å². The molecule has 1 aromatic rings. The number of sulfonamides is 1. The first-order chi connectivity index (χ1) is 12.9. The van der Waals surface area contributed by atoms with E-state index in [4.69, 9.17) is 0 Å². The number of hydrogen-bond acceptors (Lipinski definition) is 4. The van der Waals surface area contributed by atoms with E-state index in [0.717, 1.165) is 13.1 Å². The highest BCUT2D eigenvalue weighted by atomic mass is 127. The Balaban J connectivity index is 0.00000392. The SMILES string of the molecule is CCS(=O)(=O)NCCCNC(=NC)NC(C)c1cccc(N2CCCC2)c1.I. The molecule has 1 aliphatic heterocycles. The molecule has 160 valence electrons. The molecule has 28 heavy (non-hydrogen) atoms. The van der Waals surface area contributed by atoms with E-state index in [1.807, 2.05) is 0 Å². The van der Waals surface area contributed by atoms with E-state index in [2.05, 4.69) is 56.4 Å². The van der Waals surface area contributed by atoms with Gasteiger partial charge in [-0.3, -0.25) is 4.99 Å². The van der Waals surface area contributed by atoms with E-state index < -0.39 is 10.0 Å². The smallest absolute Gasteiger partial charge is 0.211 e. The molecule has 0 amide bonds. The summed E-state index contributed by atoms with van der Waals surface area (Å²) in [5, 5.41) is 6.64. The van der Waals surface area contributed by atoms with Crippen molar-refractivity contribution in [2.75, 3.05) is 43.9 Å². The molecule has 7 nitrogen and oxygen atoms in total. The highest BCUT2D eigenvalue weighted by molar-refractivity contribution is 14.0. The molecule has 0 aromatic heterocycles. The molecule has 3 N–H and O–H groups in total. The Labute approximate surface area is 186 Å². The van der Waals surface area contributed by atoms with Crippen molar-refractivity contribution >= 4 is 45.6 Å². The van der Waals surface area contributed by atoms with Gasteiger partial charge in [0.05, 0.1) is 11.8 Å². The van der Waals surface area contributed by atoms with Gasteiger partial charge in [-0.25, -0.2) is 13.1 Å². The topological polar surface area (TPSA) is 85.8 Å². The van der Waals surface area contributed by atoms with Gasteiger partial charge in [0.25, 0.3) is 0 Å². The molecule has 1 unspecified atom stereocenters. The third kappa shape index (κ3) is 8.12. The van der Waals surface area contributed by atoms with Crippen LogP contribution in [0.5, 0.6) is 0 Å². The van der Waals surface area contributed by atoms with Crippen LogP contribution in [0.1, 0.15) is 44.7 Å². The van der Waals surface area contributed by atoms with Crippen LogP contribution in [0.15, 0.2) is 29.3 Å². The van der Waals surface area contributed by atoms with E-state index in [9.17, 15) is 8.42 Å². The van der Waals surface area contributed by atoms with Gasteiger partial charge in [0.2, 0.25) is 10.0 Å². The van der Waals surface area contributed by atoms with Crippen LogP contribution >= 0.6 is 24.0 Å². The summed E-state index contributed by atoms with van der Waals surface area (Å²) in [6.07, 6.45) is 3.23. The second kappa shape index (κ2) is 12.5. The number of halogens is 1. The lowest BCUT2D eigenvalue weighted by Crippen LogP contribution is -2.40. The first-order valence-corrected chi connectivity index (χ1v) is 11.4. The molecule has 1 atom stereocenters. The summed E-state index contributed by atoms with van der Waals surface area (Å²) in [5.41, 5.74) is 2.50. The Hall–Kier alpha value is -1.07. The molecular weight excluding hydrogens is 489 g/mol. The van der Waals surface area contributed by atoms with Crippen LogP contribution in [0.2, 0.25) is 0 Å². The molecule has 1 heterocycles. The first-order valence-electron chi connectivity index (χ1n) is 9.74. The summed E-state index contributed by atoms with van der Waals surface area (Å²) in [5.74, 6) is 0.824. The minimum Gasteiger partial charge on any atom is -0.372 e. The van der Waals surface area contributed by atoms with Crippen molar-refractivity contribution in [3.8, 4) is 0 Å². The summed E-state index contributed by atoms with van der Waals surface area (Å²) in [7, 11) is -1.38. The summed E-state index contributed by atoms with van der Waals surface area (Å²) in [4.78, 5) is 6.69. The lowest BCUT2D eigenvalue weighted by molar-refractivity contribution is 0.579. The Kier molecular flexibility index (Phi) is 11.1. The molecule has 0 aliphatic carbocycles. The van der Waals surface area contributed by atoms with Crippen LogP contribution < -0.4 is 20.3 Å². The van der Waals surface area contributed by atoms with Gasteiger partial charge < -0.3 is 15.5 Å². The summed E-state index contributed by atoms with van der Waals surface area (Å²) in [6, 6.07) is 8.78. The molecule has 1 aromatic carbocycles. The Morgan fingerprint density at radius 2 is 1.96 bits per heavy atom. The third-order valence-corrected chi connectivity index (χ3v) is 6.17. The zero-order chi connectivity index (χ0) is 19.7. The quantitative estimate of drug-likeness (QED) is 0.201. The summed E-state index contributed by atoms with van der Waals surface area (Å²) >= 11 is 0. The van der Waals surface area contributed by atoms with Crippen molar-refractivity contribution < 1.29 is 8.42 Å².